The minimum Gasteiger partial charge on any atom is -0.456 e. The van der Waals surface area contributed by atoms with Crippen LogP contribution in [0.4, 0.5) is 0 Å². The Morgan fingerprint density at radius 2 is 1.09 bits per heavy atom. The van der Waals surface area contributed by atoms with Gasteiger partial charge in [0.15, 0.2) is 17.5 Å². The average molecular weight is 577 g/mol. The summed E-state index contributed by atoms with van der Waals surface area (Å²) in [4.78, 5) is 19.5. The Balaban J connectivity index is 1.14. The van der Waals surface area contributed by atoms with Crippen molar-refractivity contribution in [2.45, 2.75) is 0 Å². The van der Waals surface area contributed by atoms with Crippen LogP contribution in [-0.2, 0) is 0 Å². The Morgan fingerprint density at radius 1 is 0.422 bits per heavy atom. The summed E-state index contributed by atoms with van der Waals surface area (Å²) in [6.07, 6.45) is 1.95. The third-order valence-electron chi connectivity index (χ3n) is 8.35. The second-order valence-electron chi connectivity index (χ2n) is 11.1. The van der Waals surface area contributed by atoms with Crippen molar-refractivity contribution in [1.82, 2.24) is 19.9 Å². The molecule has 5 nitrogen and oxygen atoms in total. The SMILES string of the molecule is c1ccc(-c2nc(-c3ccccc3)nc(-c3ccc4cc(-c5ccc6c7c(cccc57)-c5ccccc5O6)cnc4c3)n2)cc1. The van der Waals surface area contributed by atoms with E-state index in [4.69, 9.17) is 24.7 Å². The van der Waals surface area contributed by atoms with Crippen molar-refractivity contribution in [2.24, 2.45) is 0 Å². The van der Waals surface area contributed by atoms with Crippen LogP contribution in [0.25, 0.3) is 78.1 Å². The fourth-order valence-electron chi connectivity index (χ4n) is 6.18. The summed E-state index contributed by atoms with van der Waals surface area (Å²) in [5.41, 5.74) is 8.11. The van der Waals surface area contributed by atoms with E-state index in [0.29, 0.717) is 17.5 Å². The molecule has 1 aliphatic heterocycles. The minimum atomic E-state index is 0.610. The van der Waals surface area contributed by atoms with Crippen LogP contribution in [0.2, 0.25) is 0 Å². The molecule has 6 aromatic carbocycles. The number of fused-ring (bicyclic) bond motifs is 3. The van der Waals surface area contributed by atoms with Crippen LogP contribution in [0.5, 0.6) is 11.5 Å². The summed E-state index contributed by atoms with van der Waals surface area (Å²) < 4.78 is 6.31. The molecule has 5 heteroatoms. The summed E-state index contributed by atoms with van der Waals surface area (Å²) in [6, 6.07) is 47.3. The predicted octanol–water partition coefficient (Wildman–Crippen LogP) is 10.0. The van der Waals surface area contributed by atoms with Gasteiger partial charge in [-0.3, -0.25) is 4.98 Å². The zero-order valence-electron chi connectivity index (χ0n) is 24.1. The van der Waals surface area contributed by atoms with Gasteiger partial charge in [-0.25, -0.2) is 15.0 Å². The van der Waals surface area contributed by atoms with Gasteiger partial charge in [-0.05, 0) is 46.8 Å². The van der Waals surface area contributed by atoms with Gasteiger partial charge in [0.1, 0.15) is 11.5 Å². The lowest BCUT2D eigenvalue weighted by Gasteiger charge is -2.22. The lowest BCUT2D eigenvalue weighted by atomic mass is 9.90. The Morgan fingerprint density at radius 3 is 1.84 bits per heavy atom. The molecular formula is C40H24N4O. The number of ether oxygens (including phenoxy) is 1. The lowest BCUT2D eigenvalue weighted by molar-refractivity contribution is 0.487. The van der Waals surface area contributed by atoms with E-state index >= 15 is 0 Å². The summed E-state index contributed by atoms with van der Waals surface area (Å²) in [7, 11) is 0. The van der Waals surface area contributed by atoms with E-state index in [0.717, 1.165) is 66.6 Å². The molecule has 0 radical (unpaired) electrons. The van der Waals surface area contributed by atoms with E-state index in [9.17, 15) is 0 Å². The van der Waals surface area contributed by atoms with Crippen molar-refractivity contribution in [3.8, 4) is 67.9 Å². The predicted molar refractivity (Wildman–Crippen MR) is 180 cm³/mol. The molecule has 0 saturated carbocycles. The third-order valence-corrected chi connectivity index (χ3v) is 8.35. The maximum absolute atomic E-state index is 6.31. The van der Waals surface area contributed by atoms with Crippen LogP contribution in [0.3, 0.4) is 0 Å². The molecule has 3 heterocycles. The number of nitrogens with zero attached hydrogens (tertiary/aromatic N) is 4. The zero-order valence-corrected chi connectivity index (χ0v) is 24.1. The van der Waals surface area contributed by atoms with Crippen molar-refractivity contribution >= 4 is 21.7 Å². The Hall–Kier alpha value is -6.20. The van der Waals surface area contributed by atoms with Gasteiger partial charge < -0.3 is 4.74 Å². The van der Waals surface area contributed by atoms with Gasteiger partial charge in [-0.1, -0.05) is 109 Å². The molecular weight excluding hydrogens is 552 g/mol. The summed E-state index contributed by atoms with van der Waals surface area (Å²) in [6.45, 7) is 0. The molecule has 0 spiro atoms. The highest BCUT2D eigenvalue weighted by Gasteiger charge is 2.21. The van der Waals surface area contributed by atoms with Gasteiger partial charge >= 0.3 is 0 Å². The van der Waals surface area contributed by atoms with Crippen LogP contribution in [0.1, 0.15) is 0 Å². The molecule has 0 bridgehead atoms. The van der Waals surface area contributed by atoms with E-state index in [1.165, 1.54) is 5.56 Å². The molecule has 0 saturated heterocycles. The van der Waals surface area contributed by atoms with Gasteiger partial charge in [0.05, 0.1) is 5.52 Å². The molecule has 210 valence electrons. The second kappa shape index (κ2) is 10.2. The number of para-hydroxylation sites is 1. The highest BCUT2D eigenvalue weighted by molar-refractivity contribution is 6.10. The number of benzene rings is 6. The van der Waals surface area contributed by atoms with E-state index < -0.39 is 0 Å². The molecule has 8 aromatic rings. The first-order valence-electron chi connectivity index (χ1n) is 14.9. The van der Waals surface area contributed by atoms with Gasteiger partial charge in [-0.2, -0.15) is 0 Å². The van der Waals surface area contributed by atoms with Gasteiger partial charge in [-0.15, -0.1) is 0 Å². The third kappa shape index (κ3) is 4.33. The number of rotatable bonds is 4. The zero-order chi connectivity index (χ0) is 29.7. The van der Waals surface area contributed by atoms with Crippen molar-refractivity contribution in [2.75, 3.05) is 0 Å². The smallest absolute Gasteiger partial charge is 0.164 e. The Bertz CT molecular complexity index is 2350. The van der Waals surface area contributed by atoms with Crippen LogP contribution >= 0.6 is 0 Å². The van der Waals surface area contributed by atoms with Gasteiger partial charge in [0.2, 0.25) is 0 Å². The van der Waals surface area contributed by atoms with Gasteiger partial charge in [0.25, 0.3) is 0 Å². The first-order chi connectivity index (χ1) is 22.3. The largest absolute Gasteiger partial charge is 0.456 e. The molecule has 0 amide bonds. The molecule has 0 aliphatic carbocycles. The monoisotopic (exact) mass is 576 g/mol. The molecule has 2 aromatic heterocycles. The van der Waals surface area contributed by atoms with E-state index in [1.54, 1.807) is 0 Å². The van der Waals surface area contributed by atoms with E-state index in [-0.39, 0.29) is 0 Å². The summed E-state index contributed by atoms with van der Waals surface area (Å²) in [5.74, 6) is 3.65. The Kier molecular flexibility index (Phi) is 5.74. The fraction of sp³-hybridized carbons (Fsp3) is 0. The van der Waals surface area contributed by atoms with Crippen LogP contribution < -0.4 is 4.74 Å². The molecule has 0 unspecified atom stereocenters. The highest BCUT2D eigenvalue weighted by Crippen LogP contribution is 2.48. The van der Waals surface area contributed by atoms with Gasteiger partial charge in [0, 0.05) is 44.8 Å². The maximum atomic E-state index is 6.31. The molecule has 9 rings (SSSR count). The quantitative estimate of drug-likeness (QED) is 0.209. The summed E-state index contributed by atoms with van der Waals surface area (Å²) >= 11 is 0. The van der Waals surface area contributed by atoms with E-state index in [1.807, 2.05) is 79.0 Å². The number of aromatic nitrogens is 4. The van der Waals surface area contributed by atoms with Crippen molar-refractivity contribution < 1.29 is 4.74 Å². The van der Waals surface area contributed by atoms with Crippen molar-refractivity contribution in [3.05, 3.63) is 146 Å². The van der Waals surface area contributed by atoms with Crippen LogP contribution in [0.15, 0.2) is 146 Å². The fourth-order valence-corrected chi connectivity index (χ4v) is 6.18. The first kappa shape index (κ1) is 25.3. The number of pyridine rings is 1. The van der Waals surface area contributed by atoms with Crippen molar-refractivity contribution in [1.29, 1.82) is 0 Å². The Labute approximate surface area is 259 Å². The number of hydrogen-bond donors (Lipinski definition) is 0. The number of hydrogen-bond acceptors (Lipinski definition) is 5. The van der Waals surface area contributed by atoms with Crippen LogP contribution in [-0.4, -0.2) is 19.9 Å². The van der Waals surface area contributed by atoms with Crippen molar-refractivity contribution in [3.63, 3.8) is 0 Å². The van der Waals surface area contributed by atoms with E-state index in [2.05, 4.69) is 66.7 Å². The van der Waals surface area contributed by atoms with Crippen LogP contribution in [0, 0.1) is 0 Å². The maximum Gasteiger partial charge on any atom is 0.164 e. The standard InChI is InChI=1S/C40H24N4O/c1-3-10-25(11-4-1)38-42-39(26-12-5-2-6-13-26)44-40(43-38)28-19-18-27-22-29(24-41-34(27)23-28)30-20-21-36-37-32(30)15-9-16-33(37)31-14-7-8-17-35(31)45-36/h1-24H. The second-order valence-corrected chi connectivity index (χ2v) is 11.1. The lowest BCUT2D eigenvalue weighted by Crippen LogP contribution is -2.00. The first-order valence-corrected chi connectivity index (χ1v) is 14.9. The normalized spacial score (nSPS) is 11.7. The minimum absolute atomic E-state index is 0.610. The molecule has 0 N–H and O–H groups in total. The molecule has 45 heavy (non-hydrogen) atoms. The molecule has 0 atom stereocenters. The average Bonchev–Trinajstić information content (AvgIpc) is 3.12. The molecule has 1 aliphatic rings. The summed E-state index contributed by atoms with van der Waals surface area (Å²) in [5, 5.41) is 3.31. The topological polar surface area (TPSA) is 60.8 Å². The molecule has 0 fully saturated rings. The highest BCUT2D eigenvalue weighted by atomic mass is 16.5.